The number of aromatic nitrogens is 6. The van der Waals surface area contributed by atoms with Crippen molar-refractivity contribution < 1.29 is 0 Å². The van der Waals surface area contributed by atoms with E-state index in [1.54, 1.807) is 0 Å². The molecule has 0 radical (unpaired) electrons. The molecule has 6 nitrogen and oxygen atoms in total. The van der Waals surface area contributed by atoms with Crippen LogP contribution in [0.4, 0.5) is 0 Å². The predicted molar refractivity (Wildman–Crippen MR) is 611 cm³/mol. The topological polar surface area (TPSA) is 61.4 Å². The first-order valence-electron chi connectivity index (χ1n) is 49.7. The fourth-order valence-electron chi connectivity index (χ4n) is 20.6. The molecule has 146 heavy (non-hydrogen) atoms. The molecule has 0 bridgehead atoms. The van der Waals surface area contributed by atoms with Gasteiger partial charge in [0.2, 0.25) is 0 Å². The molecule has 22 aromatic carbocycles. The Morgan fingerprint density at radius 1 is 0.103 bits per heavy atom. The molecule has 0 amide bonds. The van der Waals surface area contributed by atoms with Crippen LogP contribution in [0, 0.1) is 0 Å². The van der Waals surface area contributed by atoms with Gasteiger partial charge in [0.15, 0.2) is 11.6 Å². The minimum absolute atomic E-state index is 0.670. The molecular weight excluding hydrogens is 1770 g/mol. The fraction of sp³-hybridized carbons (Fsp3) is 0. The largest absolute Gasteiger partial charge is 0.309 e. The Kier molecular flexibility index (Phi) is 23.7. The van der Waals surface area contributed by atoms with E-state index in [1.165, 1.54) is 110 Å². The van der Waals surface area contributed by atoms with Crippen LogP contribution in [0.2, 0.25) is 0 Å². The van der Waals surface area contributed by atoms with E-state index in [2.05, 4.69) is 579 Å². The molecule has 4 aromatic heterocycles. The standard InChI is InChI=1S/2C70H47N3/c1-3-16-48(17-4-1)54-20-11-23-57(42-54)58-24-13-22-56(44-58)50-34-38-52(39-35-50)66-47-67(62-28-14-26-60(45-62)59-25-12-21-55(43-59)49-18-5-2-6-19-49)72-70(71-66)53-40-36-51(37-41-53)61-27-15-29-63(46-61)73-68-32-9-7-30-64(68)65-31-8-10-33-69(65)73;1-3-16-48(17-4-1)54-20-11-23-57(42-54)58-24-13-22-56(44-58)50-34-38-52(39-35-50)66-47-67(72-70(71-66)62-28-14-26-60(45-62)59-25-12-21-55(43-59)49-18-5-2-6-19-49)53-40-36-51(37-41-53)61-27-15-29-63(46-61)73-68-32-9-7-30-64(68)65-31-8-10-33-69(65)73/h2*1-47H. The summed E-state index contributed by atoms with van der Waals surface area (Å²) in [6.07, 6.45) is 0. The Morgan fingerprint density at radius 2 is 0.267 bits per heavy atom. The number of hydrogen-bond acceptors (Lipinski definition) is 4. The first-order valence-corrected chi connectivity index (χ1v) is 49.7. The highest BCUT2D eigenvalue weighted by atomic mass is 15.0. The van der Waals surface area contributed by atoms with Crippen molar-refractivity contribution in [3.05, 3.63) is 570 Å². The molecule has 684 valence electrons. The lowest BCUT2D eigenvalue weighted by molar-refractivity contribution is 1.18. The van der Waals surface area contributed by atoms with Crippen LogP contribution in [0.15, 0.2) is 570 Å². The molecule has 0 aliphatic rings. The highest BCUT2D eigenvalue weighted by Crippen LogP contribution is 2.43. The molecule has 0 spiro atoms. The van der Waals surface area contributed by atoms with E-state index in [1.807, 2.05) is 0 Å². The second-order valence-corrected chi connectivity index (χ2v) is 37.2. The van der Waals surface area contributed by atoms with E-state index in [-0.39, 0.29) is 0 Å². The summed E-state index contributed by atoms with van der Waals surface area (Å²) in [5, 5.41) is 5.01. The lowest BCUT2D eigenvalue weighted by atomic mass is 9.95. The van der Waals surface area contributed by atoms with E-state index >= 15 is 0 Å². The molecule has 0 saturated heterocycles. The quantitative estimate of drug-likeness (QED) is 0.0763. The van der Waals surface area contributed by atoms with E-state index in [9.17, 15) is 0 Å². The molecule has 0 unspecified atom stereocenters. The smallest absolute Gasteiger partial charge is 0.160 e. The summed E-state index contributed by atoms with van der Waals surface area (Å²) in [6.45, 7) is 0. The summed E-state index contributed by atoms with van der Waals surface area (Å²) in [5.74, 6) is 1.34. The van der Waals surface area contributed by atoms with Crippen molar-refractivity contribution in [2.45, 2.75) is 0 Å². The van der Waals surface area contributed by atoms with Gasteiger partial charge >= 0.3 is 0 Å². The van der Waals surface area contributed by atoms with Crippen molar-refractivity contribution in [2.75, 3.05) is 0 Å². The average molecular weight is 1860 g/mol. The zero-order chi connectivity index (χ0) is 97.0. The van der Waals surface area contributed by atoms with Gasteiger partial charge in [0, 0.05) is 66.3 Å². The summed E-state index contributed by atoms with van der Waals surface area (Å²) in [6, 6.07) is 204. The van der Waals surface area contributed by atoms with Gasteiger partial charge in [0.1, 0.15) is 0 Å². The van der Waals surface area contributed by atoms with E-state index < -0.39 is 0 Å². The number of benzene rings is 22. The van der Waals surface area contributed by atoms with Crippen LogP contribution in [-0.2, 0) is 0 Å². The third kappa shape index (κ3) is 18.1. The van der Waals surface area contributed by atoms with Gasteiger partial charge in [-0.2, -0.15) is 0 Å². The summed E-state index contributed by atoms with van der Waals surface area (Å²) >= 11 is 0. The molecule has 6 heteroatoms. The molecule has 0 saturated carbocycles. The Hall–Kier alpha value is -19.4. The van der Waals surface area contributed by atoms with Crippen molar-refractivity contribution in [3.8, 4) is 213 Å². The van der Waals surface area contributed by atoms with Gasteiger partial charge in [-0.25, -0.2) is 19.9 Å². The maximum Gasteiger partial charge on any atom is 0.160 e. The van der Waals surface area contributed by atoms with Gasteiger partial charge in [-0.05, 0) is 243 Å². The molecule has 26 rings (SSSR count). The lowest BCUT2D eigenvalue weighted by Gasteiger charge is -2.13. The molecule has 0 N–H and O–H groups in total. The average Bonchev–Trinajstić information content (AvgIpc) is 1.56. The zero-order valence-corrected chi connectivity index (χ0v) is 80.0. The molecule has 0 aliphatic carbocycles. The minimum atomic E-state index is 0.670. The maximum atomic E-state index is 5.32. The Bertz CT molecular complexity index is 8660. The van der Waals surface area contributed by atoms with Crippen LogP contribution < -0.4 is 0 Å². The number of nitrogens with zero attached hydrogens (tertiary/aromatic N) is 6. The van der Waals surface area contributed by atoms with Gasteiger partial charge in [-0.1, -0.05) is 461 Å². The Labute approximate surface area is 849 Å². The van der Waals surface area contributed by atoms with Crippen LogP contribution >= 0.6 is 0 Å². The highest BCUT2D eigenvalue weighted by molar-refractivity contribution is 6.11. The normalized spacial score (nSPS) is 11.3. The van der Waals surface area contributed by atoms with Crippen molar-refractivity contribution in [3.63, 3.8) is 0 Å². The minimum Gasteiger partial charge on any atom is -0.309 e. The van der Waals surface area contributed by atoms with Gasteiger partial charge < -0.3 is 9.13 Å². The van der Waals surface area contributed by atoms with Crippen molar-refractivity contribution >= 4 is 43.6 Å². The Balaban J connectivity index is 0.000000152. The van der Waals surface area contributed by atoms with E-state index in [0.717, 1.165) is 134 Å². The van der Waals surface area contributed by atoms with Crippen molar-refractivity contribution in [1.82, 2.24) is 29.1 Å². The summed E-state index contributed by atoms with van der Waals surface area (Å²) in [5.41, 5.74) is 44.4. The SMILES string of the molecule is c1ccc(-c2cccc(-c3cccc(-c4ccc(-c5cc(-c6ccc(-c7cccc(-n8c9ccccc9c9ccccc98)c7)cc6)nc(-c6cccc(-c7cccc(-c8ccccc8)c7)c6)n5)cc4)c3)c2)cc1.c1ccc(-c2cccc(-c3cccc(-c4ccc(-c5cc(-c6cccc(-c7cccc(-c8ccccc8)c7)c6)nc(-c6ccc(-c7cccc(-n8c9ccccc9c9ccccc98)c7)cc6)n5)cc4)c3)c2)cc1. The van der Waals surface area contributed by atoms with Crippen LogP contribution in [0.5, 0.6) is 0 Å². The molecule has 26 aromatic rings. The first-order chi connectivity index (χ1) is 72.3. The molecule has 4 heterocycles. The number of fused-ring (bicyclic) bond motifs is 6. The number of hydrogen-bond donors (Lipinski definition) is 0. The second-order valence-electron chi connectivity index (χ2n) is 37.2. The van der Waals surface area contributed by atoms with Gasteiger partial charge in [0.05, 0.1) is 44.8 Å². The monoisotopic (exact) mass is 1860 g/mol. The van der Waals surface area contributed by atoms with Gasteiger partial charge in [-0.15, -0.1) is 0 Å². The van der Waals surface area contributed by atoms with Crippen LogP contribution in [-0.4, -0.2) is 29.1 Å². The predicted octanol–water partition coefficient (Wildman–Crippen LogP) is 37.2. The molecular formula is C140H94N6. The third-order valence-corrected chi connectivity index (χ3v) is 28.1. The molecule has 0 fully saturated rings. The summed E-state index contributed by atoms with van der Waals surface area (Å²) in [7, 11) is 0. The van der Waals surface area contributed by atoms with Crippen LogP contribution in [0.25, 0.3) is 256 Å². The van der Waals surface area contributed by atoms with Crippen LogP contribution in [0.3, 0.4) is 0 Å². The van der Waals surface area contributed by atoms with Gasteiger partial charge in [0.25, 0.3) is 0 Å². The van der Waals surface area contributed by atoms with E-state index in [4.69, 9.17) is 19.9 Å². The fourth-order valence-corrected chi connectivity index (χ4v) is 20.6. The van der Waals surface area contributed by atoms with E-state index in [0.29, 0.717) is 11.6 Å². The third-order valence-electron chi connectivity index (χ3n) is 28.1. The van der Waals surface area contributed by atoms with Crippen LogP contribution in [0.1, 0.15) is 0 Å². The number of rotatable bonds is 20. The summed E-state index contributed by atoms with van der Waals surface area (Å²) in [4.78, 5) is 21.3. The zero-order valence-electron chi connectivity index (χ0n) is 80.0. The van der Waals surface area contributed by atoms with Crippen molar-refractivity contribution in [1.29, 1.82) is 0 Å². The molecule has 0 atom stereocenters. The number of para-hydroxylation sites is 4. The Morgan fingerprint density at radius 3 is 0.534 bits per heavy atom. The lowest BCUT2D eigenvalue weighted by Crippen LogP contribution is -1.96. The molecule has 0 aliphatic heterocycles. The van der Waals surface area contributed by atoms with Crippen molar-refractivity contribution in [2.24, 2.45) is 0 Å². The maximum absolute atomic E-state index is 5.32. The highest BCUT2D eigenvalue weighted by Gasteiger charge is 2.21. The second kappa shape index (κ2) is 39.4. The van der Waals surface area contributed by atoms with Gasteiger partial charge in [-0.3, -0.25) is 0 Å². The first kappa shape index (κ1) is 88.1. The summed E-state index contributed by atoms with van der Waals surface area (Å²) < 4.78 is 4.74.